The fraction of sp³-hybridized carbons (Fsp3) is 0.400. The number of nitrogens with zero attached hydrogens (tertiary/aromatic N) is 3. The van der Waals surface area contributed by atoms with Gasteiger partial charge < -0.3 is 18.8 Å². The summed E-state index contributed by atoms with van der Waals surface area (Å²) in [5, 5.41) is 8.40. The molecule has 0 radical (unpaired) electrons. The average Bonchev–Trinajstić information content (AvgIpc) is 3.00. The number of hydrogen-bond donors (Lipinski definition) is 0. The first-order valence-corrected chi connectivity index (χ1v) is 7.57. The van der Waals surface area contributed by atoms with Crippen molar-refractivity contribution in [3.05, 3.63) is 41.1 Å². The van der Waals surface area contributed by atoms with Crippen molar-refractivity contribution < 1.29 is 18.7 Å². The molecule has 0 aliphatic carbocycles. The zero-order valence-electron chi connectivity index (χ0n) is 12.6. The maximum Gasteiger partial charge on any atom is 0.261 e. The third-order valence-electron chi connectivity index (χ3n) is 3.45. The molecule has 0 bridgehead atoms. The highest BCUT2D eigenvalue weighted by Crippen LogP contribution is 2.23. The van der Waals surface area contributed by atoms with Crippen molar-refractivity contribution in [2.24, 2.45) is 0 Å². The molecule has 1 aliphatic rings. The monoisotopic (exact) mass is 337 g/mol. The summed E-state index contributed by atoms with van der Waals surface area (Å²) in [5.41, 5.74) is 0. The lowest BCUT2D eigenvalue weighted by molar-refractivity contribution is -0.143. The minimum absolute atomic E-state index is 0.0781. The normalized spacial score (nSPS) is 18.0. The minimum Gasteiger partial charge on any atom is -0.484 e. The Balaban J connectivity index is 1.65. The van der Waals surface area contributed by atoms with Crippen LogP contribution in [0.5, 0.6) is 5.75 Å². The molecule has 1 aromatic heterocycles. The van der Waals surface area contributed by atoms with E-state index in [1.54, 1.807) is 36.1 Å². The van der Waals surface area contributed by atoms with E-state index in [-0.39, 0.29) is 18.6 Å². The van der Waals surface area contributed by atoms with Gasteiger partial charge in [-0.1, -0.05) is 11.6 Å². The first kappa shape index (κ1) is 15.8. The summed E-state index contributed by atoms with van der Waals surface area (Å²) in [4.78, 5) is 14.1. The first-order valence-electron chi connectivity index (χ1n) is 7.19. The van der Waals surface area contributed by atoms with Crippen molar-refractivity contribution >= 4 is 17.5 Å². The van der Waals surface area contributed by atoms with Crippen LogP contribution in [-0.4, -0.2) is 47.4 Å². The van der Waals surface area contributed by atoms with Gasteiger partial charge in [-0.3, -0.25) is 4.79 Å². The van der Waals surface area contributed by atoms with Crippen molar-refractivity contribution in [3.8, 4) is 5.75 Å². The number of amides is 1. The number of benzene rings is 1. The Bertz CT molecular complexity index is 674. The summed E-state index contributed by atoms with van der Waals surface area (Å²) in [6, 6.07) is 6.47. The van der Waals surface area contributed by atoms with Crippen LogP contribution in [0.4, 0.5) is 0 Å². The molecule has 1 aromatic carbocycles. The summed E-state index contributed by atoms with van der Waals surface area (Å²) in [7, 11) is 0. The first-order chi connectivity index (χ1) is 11.1. The van der Waals surface area contributed by atoms with Gasteiger partial charge in [0.05, 0.1) is 13.2 Å². The van der Waals surface area contributed by atoms with Gasteiger partial charge in [-0.15, -0.1) is 10.2 Å². The largest absolute Gasteiger partial charge is 0.484 e. The Hall–Kier alpha value is -2.12. The molecule has 2 aromatic rings. The van der Waals surface area contributed by atoms with Crippen LogP contribution in [0.3, 0.4) is 0 Å². The Kier molecular flexibility index (Phi) is 4.78. The van der Waals surface area contributed by atoms with Crippen LogP contribution in [0, 0.1) is 6.92 Å². The maximum absolute atomic E-state index is 12.5. The number of carbonyl (C=O) groups excluding carboxylic acids is 1. The van der Waals surface area contributed by atoms with Crippen molar-refractivity contribution in [2.75, 3.05) is 26.4 Å². The van der Waals surface area contributed by atoms with Gasteiger partial charge in [0.2, 0.25) is 11.8 Å². The summed E-state index contributed by atoms with van der Waals surface area (Å²) in [6.07, 6.45) is 0. The lowest BCUT2D eigenvalue weighted by Crippen LogP contribution is -2.45. The highest BCUT2D eigenvalue weighted by Gasteiger charge is 2.32. The number of ether oxygens (including phenoxy) is 2. The molecule has 7 nitrogen and oxygen atoms in total. The molecular formula is C15H16ClN3O4. The predicted octanol–water partition coefficient (Wildman–Crippen LogP) is 2.01. The molecule has 122 valence electrons. The van der Waals surface area contributed by atoms with E-state index in [1.807, 2.05) is 0 Å². The summed E-state index contributed by atoms with van der Waals surface area (Å²) in [6.45, 7) is 2.88. The van der Waals surface area contributed by atoms with Crippen LogP contribution < -0.4 is 4.74 Å². The molecule has 0 saturated carbocycles. The molecule has 0 N–H and O–H groups in total. The number of rotatable bonds is 4. The van der Waals surface area contributed by atoms with E-state index in [9.17, 15) is 4.79 Å². The molecule has 2 heterocycles. The van der Waals surface area contributed by atoms with Gasteiger partial charge in [-0.25, -0.2) is 0 Å². The van der Waals surface area contributed by atoms with Gasteiger partial charge >= 0.3 is 0 Å². The van der Waals surface area contributed by atoms with Crippen molar-refractivity contribution in [1.29, 1.82) is 0 Å². The third kappa shape index (κ3) is 3.80. The molecule has 8 heteroatoms. The van der Waals surface area contributed by atoms with Crippen molar-refractivity contribution in [1.82, 2.24) is 15.1 Å². The van der Waals surface area contributed by atoms with E-state index in [4.69, 9.17) is 25.5 Å². The highest BCUT2D eigenvalue weighted by atomic mass is 35.5. The van der Waals surface area contributed by atoms with Crippen LogP contribution in [0.15, 0.2) is 28.7 Å². The lowest BCUT2D eigenvalue weighted by atomic mass is 10.2. The smallest absolute Gasteiger partial charge is 0.261 e. The second-order valence-electron chi connectivity index (χ2n) is 5.08. The summed E-state index contributed by atoms with van der Waals surface area (Å²) >= 11 is 5.82. The van der Waals surface area contributed by atoms with Crippen molar-refractivity contribution in [3.63, 3.8) is 0 Å². The fourth-order valence-corrected chi connectivity index (χ4v) is 2.44. The second kappa shape index (κ2) is 6.97. The summed E-state index contributed by atoms with van der Waals surface area (Å²) < 4.78 is 16.4. The van der Waals surface area contributed by atoms with E-state index in [0.717, 1.165) is 0 Å². The Morgan fingerprint density at radius 1 is 1.39 bits per heavy atom. The topological polar surface area (TPSA) is 77.7 Å². The lowest BCUT2D eigenvalue weighted by Gasteiger charge is -2.33. The quantitative estimate of drug-likeness (QED) is 0.849. The molecular weight excluding hydrogens is 322 g/mol. The Morgan fingerprint density at radius 3 is 2.87 bits per heavy atom. The van der Waals surface area contributed by atoms with Gasteiger partial charge in [0.1, 0.15) is 11.8 Å². The van der Waals surface area contributed by atoms with Gasteiger partial charge in [0.25, 0.3) is 5.91 Å². The number of hydrogen-bond acceptors (Lipinski definition) is 6. The van der Waals surface area contributed by atoms with Gasteiger partial charge in [0, 0.05) is 18.5 Å². The molecule has 1 aliphatic heterocycles. The molecule has 0 spiro atoms. The van der Waals surface area contributed by atoms with Crippen LogP contribution in [0.25, 0.3) is 0 Å². The molecule has 1 saturated heterocycles. The number of morpholine rings is 1. The van der Waals surface area contributed by atoms with E-state index < -0.39 is 0 Å². The average molecular weight is 338 g/mol. The Labute approximate surface area is 138 Å². The van der Waals surface area contributed by atoms with E-state index >= 15 is 0 Å². The van der Waals surface area contributed by atoms with Crippen LogP contribution >= 0.6 is 11.6 Å². The number of carbonyl (C=O) groups is 1. The standard InChI is InChI=1S/C15H16ClN3O4/c1-10-17-18-15(23-10)13-8-21-7-6-19(13)14(20)9-22-12-4-2-11(16)3-5-12/h2-5,13H,6-9H2,1H3/t13-/m1/s1. The third-order valence-corrected chi connectivity index (χ3v) is 3.70. The van der Waals surface area contributed by atoms with Crippen molar-refractivity contribution in [2.45, 2.75) is 13.0 Å². The zero-order chi connectivity index (χ0) is 16.2. The molecule has 1 amide bonds. The van der Waals surface area contributed by atoms with Crippen LogP contribution in [0.2, 0.25) is 5.02 Å². The summed E-state index contributed by atoms with van der Waals surface area (Å²) in [5.74, 6) is 1.25. The van der Waals surface area contributed by atoms with Crippen LogP contribution in [0.1, 0.15) is 17.8 Å². The van der Waals surface area contributed by atoms with E-state index in [1.165, 1.54) is 0 Å². The van der Waals surface area contributed by atoms with Gasteiger partial charge in [-0.2, -0.15) is 0 Å². The van der Waals surface area contributed by atoms with E-state index in [0.29, 0.717) is 42.3 Å². The molecule has 0 unspecified atom stereocenters. The predicted molar refractivity (Wildman–Crippen MR) is 81.3 cm³/mol. The number of aromatic nitrogens is 2. The molecule has 23 heavy (non-hydrogen) atoms. The van der Waals surface area contributed by atoms with Crippen LogP contribution in [-0.2, 0) is 9.53 Å². The maximum atomic E-state index is 12.5. The van der Waals surface area contributed by atoms with Gasteiger partial charge in [-0.05, 0) is 24.3 Å². The van der Waals surface area contributed by atoms with E-state index in [2.05, 4.69) is 10.2 Å². The second-order valence-corrected chi connectivity index (χ2v) is 5.52. The zero-order valence-corrected chi connectivity index (χ0v) is 13.3. The van der Waals surface area contributed by atoms with Gasteiger partial charge in [0.15, 0.2) is 6.61 Å². The minimum atomic E-state index is -0.383. The number of halogens is 1. The Morgan fingerprint density at radius 2 is 2.17 bits per heavy atom. The molecule has 1 fully saturated rings. The highest BCUT2D eigenvalue weighted by molar-refractivity contribution is 6.30. The SMILES string of the molecule is Cc1nnc([C@H]2COCCN2C(=O)COc2ccc(Cl)cc2)o1. The molecule has 1 atom stereocenters. The fourth-order valence-electron chi connectivity index (χ4n) is 2.31. The molecule has 3 rings (SSSR count). The number of aryl methyl sites for hydroxylation is 1.